The van der Waals surface area contributed by atoms with Crippen molar-refractivity contribution >= 4 is 17.5 Å². The summed E-state index contributed by atoms with van der Waals surface area (Å²) < 4.78 is 6.08. The quantitative estimate of drug-likeness (QED) is 0.681. The van der Waals surface area contributed by atoms with Gasteiger partial charge in [0, 0.05) is 31.2 Å². The van der Waals surface area contributed by atoms with E-state index in [0.717, 1.165) is 55.6 Å². The maximum atomic E-state index is 13.0. The zero-order valence-electron chi connectivity index (χ0n) is 19.8. The largest absolute Gasteiger partial charge is 0.477 e. The van der Waals surface area contributed by atoms with Gasteiger partial charge in [0.1, 0.15) is 5.75 Å². The molecule has 2 aromatic rings. The molecule has 6 nitrogen and oxygen atoms in total. The lowest BCUT2D eigenvalue weighted by molar-refractivity contribution is -0.128. The van der Waals surface area contributed by atoms with Crippen molar-refractivity contribution in [2.24, 2.45) is 0 Å². The van der Waals surface area contributed by atoms with E-state index < -0.39 is 6.10 Å². The fraction of sp³-hybridized carbons (Fsp3) is 0.481. The lowest BCUT2D eigenvalue weighted by Gasteiger charge is -2.36. The summed E-state index contributed by atoms with van der Waals surface area (Å²) in [5.74, 6) is 0.757. The monoisotopic (exact) mass is 449 g/mol. The normalized spacial score (nSPS) is 18.0. The van der Waals surface area contributed by atoms with Crippen molar-refractivity contribution in [3.63, 3.8) is 0 Å². The Balaban J connectivity index is 1.51. The lowest BCUT2D eigenvalue weighted by atomic mass is 10.1. The van der Waals surface area contributed by atoms with Crippen LogP contribution in [-0.2, 0) is 11.3 Å². The molecule has 0 aromatic heterocycles. The van der Waals surface area contributed by atoms with E-state index in [0.29, 0.717) is 18.8 Å². The Bertz CT molecular complexity index is 967. The van der Waals surface area contributed by atoms with Crippen LogP contribution >= 0.6 is 0 Å². The second-order valence-corrected chi connectivity index (χ2v) is 9.03. The van der Waals surface area contributed by atoms with Gasteiger partial charge >= 0.3 is 0 Å². The standard InChI is InChI=1S/C27H35N3O3/c1-3-22(4-2)28-26(31)25-19-30(23-13-6-7-14-24(23)33-25)18-20-11-10-12-21(17-20)27(32)29-15-8-5-9-16-29/h6-7,10-14,17,22,25H,3-5,8-9,15-16,18-19H2,1-2H3,(H,28,31). The van der Waals surface area contributed by atoms with Gasteiger partial charge in [0.2, 0.25) is 0 Å². The first kappa shape index (κ1) is 23.1. The summed E-state index contributed by atoms with van der Waals surface area (Å²) in [6.45, 7) is 6.91. The molecule has 176 valence electrons. The smallest absolute Gasteiger partial charge is 0.263 e. The number of nitrogens with zero attached hydrogens (tertiary/aromatic N) is 2. The molecule has 2 aliphatic heterocycles. The van der Waals surface area contributed by atoms with Gasteiger partial charge in [-0.1, -0.05) is 38.1 Å². The number of para-hydroxylation sites is 2. The Morgan fingerprint density at radius 3 is 2.55 bits per heavy atom. The number of ether oxygens (including phenoxy) is 1. The number of nitrogens with one attached hydrogen (secondary N) is 1. The Hall–Kier alpha value is -3.02. The number of carbonyl (C=O) groups is 2. The number of anilines is 1. The molecule has 2 aromatic carbocycles. The molecule has 33 heavy (non-hydrogen) atoms. The molecule has 1 saturated heterocycles. The molecular weight excluding hydrogens is 414 g/mol. The van der Waals surface area contributed by atoms with E-state index in [2.05, 4.69) is 24.1 Å². The van der Waals surface area contributed by atoms with E-state index in [9.17, 15) is 9.59 Å². The third kappa shape index (κ3) is 5.49. The van der Waals surface area contributed by atoms with Gasteiger partial charge in [-0.3, -0.25) is 9.59 Å². The summed E-state index contributed by atoms with van der Waals surface area (Å²) in [5, 5.41) is 3.12. The predicted molar refractivity (Wildman–Crippen MR) is 131 cm³/mol. The Morgan fingerprint density at radius 2 is 1.79 bits per heavy atom. The highest BCUT2D eigenvalue weighted by Gasteiger charge is 2.31. The highest BCUT2D eigenvalue weighted by Crippen LogP contribution is 2.34. The first-order chi connectivity index (χ1) is 16.1. The second-order valence-electron chi connectivity index (χ2n) is 9.03. The molecule has 2 aliphatic rings. The van der Waals surface area contributed by atoms with E-state index in [1.807, 2.05) is 53.4 Å². The Labute approximate surface area is 196 Å². The fourth-order valence-electron chi connectivity index (χ4n) is 4.68. The molecule has 1 N–H and O–H groups in total. The van der Waals surface area contributed by atoms with Crippen molar-refractivity contribution in [1.82, 2.24) is 10.2 Å². The summed E-state index contributed by atoms with van der Waals surface area (Å²) >= 11 is 0. The molecule has 1 atom stereocenters. The third-order valence-corrected chi connectivity index (χ3v) is 6.68. The molecule has 1 fully saturated rings. The first-order valence-electron chi connectivity index (χ1n) is 12.3. The topological polar surface area (TPSA) is 61.9 Å². The zero-order valence-corrected chi connectivity index (χ0v) is 19.8. The van der Waals surface area contributed by atoms with Gasteiger partial charge in [-0.25, -0.2) is 0 Å². The molecule has 0 radical (unpaired) electrons. The molecule has 0 bridgehead atoms. The number of benzene rings is 2. The molecule has 4 rings (SSSR count). The molecule has 1 unspecified atom stereocenters. The van der Waals surface area contributed by atoms with Crippen LogP contribution in [0.3, 0.4) is 0 Å². The van der Waals surface area contributed by atoms with E-state index >= 15 is 0 Å². The van der Waals surface area contributed by atoms with Crippen molar-refractivity contribution < 1.29 is 14.3 Å². The van der Waals surface area contributed by atoms with E-state index in [4.69, 9.17) is 4.74 Å². The van der Waals surface area contributed by atoms with Gasteiger partial charge in [-0.05, 0) is 61.9 Å². The van der Waals surface area contributed by atoms with Gasteiger partial charge in [0.15, 0.2) is 6.10 Å². The van der Waals surface area contributed by atoms with Gasteiger partial charge in [0.05, 0.1) is 12.2 Å². The van der Waals surface area contributed by atoms with E-state index in [-0.39, 0.29) is 17.9 Å². The van der Waals surface area contributed by atoms with Crippen LogP contribution in [0.15, 0.2) is 48.5 Å². The second kappa shape index (κ2) is 10.7. The lowest BCUT2D eigenvalue weighted by Crippen LogP contribution is -2.51. The van der Waals surface area contributed by atoms with Crippen LogP contribution in [-0.4, -0.2) is 48.5 Å². The maximum Gasteiger partial charge on any atom is 0.263 e. The van der Waals surface area contributed by atoms with E-state index in [1.54, 1.807) is 0 Å². The Morgan fingerprint density at radius 1 is 1.03 bits per heavy atom. The van der Waals surface area contributed by atoms with Crippen molar-refractivity contribution in [2.45, 2.75) is 64.6 Å². The fourth-order valence-corrected chi connectivity index (χ4v) is 4.68. The molecule has 2 heterocycles. The molecule has 0 spiro atoms. The van der Waals surface area contributed by atoms with Crippen LogP contribution in [0.1, 0.15) is 61.9 Å². The minimum Gasteiger partial charge on any atom is -0.477 e. The number of amides is 2. The predicted octanol–water partition coefficient (Wildman–Crippen LogP) is 4.39. The molecule has 6 heteroatoms. The minimum atomic E-state index is -0.571. The van der Waals surface area contributed by atoms with Gasteiger partial charge in [-0.2, -0.15) is 0 Å². The van der Waals surface area contributed by atoms with Crippen LogP contribution in [0, 0.1) is 0 Å². The van der Waals surface area contributed by atoms with Crippen LogP contribution < -0.4 is 15.0 Å². The number of hydrogen-bond donors (Lipinski definition) is 1. The number of rotatable bonds is 7. The molecule has 2 amide bonds. The molecule has 0 aliphatic carbocycles. The number of likely N-dealkylation sites (tertiary alicyclic amines) is 1. The average Bonchev–Trinajstić information content (AvgIpc) is 2.87. The summed E-state index contributed by atoms with van der Waals surface area (Å²) in [4.78, 5) is 30.1. The summed E-state index contributed by atoms with van der Waals surface area (Å²) in [5.41, 5.74) is 2.75. The third-order valence-electron chi connectivity index (χ3n) is 6.68. The highest BCUT2D eigenvalue weighted by molar-refractivity contribution is 5.94. The van der Waals surface area contributed by atoms with Crippen LogP contribution in [0.4, 0.5) is 5.69 Å². The van der Waals surface area contributed by atoms with Gasteiger partial charge < -0.3 is 19.9 Å². The van der Waals surface area contributed by atoms with Crippen molar-refractivity contribution in [3.05, 3.63) is 59.7 Å². The summed E-state index contributed by atoms with van der Waals surface area (Å²) in [7, 11) is 0. The SMILES string of the molecule is CCC(CC)NC(=O)C1CN(Cc2cccc(C(=O)N3CCCCC3)c2)c2ccccc2O1. The Kier molecular flexibility index (Phi) is 7.53. The molecule has 0 saturated carbocycles. The number of carbonyl (C=O) groups excluding carboxylic acids is 2. The number of fused-ring (bicyclic) bond motifs is 1. The zero-order chi connectivity index (χ0) is 23.2. The van der Waals surface area contributed by atoms with E-state index in [1.165, 1.54) is 6.42 Å². The minimum absolute atomic E-state index is 0.0720. The maximum absolute atomic E-state index is 13.0. The highest BCUT2D eigenvalue weighted by atomic mass is 16.5. The van der Waals surface area contributed by atoms with Crippen molar-refractivity contribution in [1.29, 1.82) is 0 Å². The summed E-state index contributed by atoms with van der Waals surface area (Å²) in [6.07, 6.45) is 4.58. The van der Waals surface area contributed by atoms with Crippen LogP contribution in [0.25, 0.3) is 0 Å². The van der Waals surface area contributed by atoms with Crippen molar-refractivity contribution in [2.75, 3.05) is 24.5 Å². The van der Waals surface area contributed by atoms with Gasteiger partial charge in [-0.15, -0.1) is 0 Å². The average molecular weight is 450 g/mol. The summed E-state index contributed by atoms with van der Waals surface area (Å²) in [6, 6.07) is 15.9. The molecular formula is C27H35N3O3. The number of hydrogen-bond acceptors (Lipinski definition) is 4. The first-order valence-corrected chi connectivity index (χ1v) is 12.3. The van der Waals surface area contributed by atoms with Crippen LogP contribution in [0.2, 0.25) is 0 Å². The van der Waals surface area contributed by atoms with Crippen LogP contribution in [0.5, 0.6) is 5.75 Å². The van der Waals surface area contributed by atoms with Crippen molar-refractivity contribution in [3.8, 4) is 5.75 Å². The number of piperidine rings is 1. The van der Waals surface area contributed by atoms with Gasteiger partial charge in [0.25, 0.3) is 11.8 Å².